The normalized spacial score (nSPS) is 18.2. The molecule has 3 N–H and O–H groups in total. The number of amides is 1. The third kappa shape index (κ3) is 2.63. The van der Waals surface area contributed by atoms with Gasteiger partial charge in [0.25, 0.3) is 5.91 Å². The highest BCUT2D eigenvalue weighted by Gasteiger charge is 2.32. The second kappa shape index (κ2) is 5.08. The summed E-state index contributed by atoms with van der Waals surface area (Å²) < 4.78 is 0. The van der Waals surface area contributed by atoms with Gasteiger partial charge in [-0.25, -0.2) is 0 Å². The standard InChI is InChI=1S/C13H20N2OS/c1-2-13(6-3-4-7-13)9-15-12(16)11-10(14)5-8-17-11/h5,8H,2-4,6-7,9,14H2,1H3,(H,15,16). The summed E-state index contributed by atoms with van der Waals surface area (Å²) in [5, 5.41) is 4.91. The zero-order valence-electron chi connectivity index (χ0n) is 10.3. The first kappa shape index (κ1) is 12.4. The van der Waals surface area contributed by atoms with E-state index in [0.29, 0.717) is 16.0 Å². The number of carbonyl (C=O) groups excluding carboxylic acids is 1. The van der Waals surface area contributed by atoms with Crippen molar-refractivity contribution < 1.29 is 4.79 Å². The Morgan fingerprint density at radius 2 is 2.24 bits per heavy atom. The minimum Gasteiger partial charge on any atom is -0.397 e. The summed E-state index contributed by atoms with van der Waals surface area (Å²) in [5.41, 5.74) is 6.66. The van der Waals surface area contributed by atoms with Crippen molar-refractivity contribution >= 4 is 22.9 Å². The molecule has 1 aromatic heterocycles. The summed E-state index contributed by atoms with van der Waals surface area (Å²) in [4.78, 5) is 12.6. The number of thiophene rings is 1. The zero-order chi connectivity index (χ0) is 12.3. The van der Waals surface area contributed by atoms with E-state index in [0.717, 1.165) is 13.0 Å². The molecule has 0 atom stereocenters. The molecule has 1 heterocycles. The van der Waals surface area contributed by atoms with Gasteiger partial charge in [0.15, 0.2) is 0 Å². The number of anilines is 1. The predicted molar refractivity (Wildman–Crippen MR) is 72.3 cm³/mol. The summed E-state index contributed by atoms with van der Waals surface area (Å²) >= 11 is 1.41. The molecule has 3 nitrogen and oxygen atoms in total. The van der Waals surface area contributed by atoms with Crippen LogP contribution >= 0.6 is 11.3 Å². The van der Waals surface area contributed by atoms with Crippen LogP contribution in [0.2, 0.25) is 0 Å². The van der Waals surface area contributed by atoms with Crippen LogP contribution in [0.15, 0.2) is 11.4 Å². The molecule has 0 aliphatic heterocycles. The lowest BCUT2D eigenvalue weighted by atomic mass is 9.83. The Kier molecular flexibility index (Phi) is 3.72. The Balaban J connectivity index is 1.94. The highest BCUT2D eigenvalue weighted by atomic mass is 32.1. The molecule has 0 bridgehead atoms. The topological polar surface area (TPSA) is 55.1 Å². The first-order valence-electron chi connectivity index (χ1n) is 6.28. The lowest BCUT2D eigenvalue weighted by molar-refractivity contribution is 0.0933. The highest BCUT2D eigenvalue weighted by molar-refractivity contribution is 7.12. The van der Waals surface area contributed by atoms with E-state index < -0.39 is 0 Å². The summed E-state index contributed by atoms with van der Waals surface area (Å²) in [6.07, 6.45) is 6.22. The number of hydrogen-bond acceptors (Lipinski definition) is 3. The van der Waals surface area contributed by atoms with Crippen molar-refractivity contribution in [2.45, 2.75) is 39.0 Å². The fourth-order valence-electron chi connectivity index (χ4n) is 2.63. The lowest BCUT2D eigenvalue weighted by Gasteiger charge is -2.27. The number of carbonyl (C=O) groups is 1. The van der Waals surface area contributed by atoms with Gasteiger partial charge in [-0.05, 0) is 36.1 Å². The van der Waals surface area contributed by atoms with Crippen molar-refractivity contribution in [3.05, 3.63) is 16.3 Å². The molecule has 2 rings (SSSR count). The van der Waals surface area contributed by atoms with Crippen molar-refractivity contribution in [2.75, 3.05) is 12.3 Å². The van der Waals surface area contributed by atoms with E-state index in [-0.39, 0.29) is 5.91 Å². The fraction of sp³-hybridized carbons (Fsp3) is 0.615. The molecular weight excluding hydrogens is 232 g/mol. The number of nitrogen functional groups attached to an aromatic ring is 1. The van der Waals surface area contributed by atoms with Crippen molar-refractivity contribution in [3.63, 3.8) is 0 Å². The van der Waals surface area contributed by atoms with Gasteiger partial charge < -0.3 is 11.1 Å². The van der Waals surface area contributed by atoms with Crippen molar-refractivity contribution in [2.24, 2.45) is 5.41 Å². The first-order chi connectivity index (χ1) is 8.17. The van der Waals surface area contributed by atoms with Gasteiger partial charge in [0.1, 0.15) is 4.88 Å². The molecule has 17 heavy (non-hydrogen) atoms. The van der Waals surface area contributed by atoms with Crippen LogP contribution in [0, 0.1) is 5.41 Å². The first-order valence-corrected chi connectivity index (χ1v) is 7.16. The molecule has 0 saturated heterocycles. The Hall–Kier alpha value is -1.03. The van der Waals surface area contributed by atoms with Gasteiger partial charge >= 0.3 is 0 Å². The highest BCUT2D eigenvalue weighted by Crippen LogP contribution is 2.40. The van der Waals surface area contributed by atoms with Gasteiger partial charge in [-0.1, -0.05) is 19.8 Å². The summed E-state index contributed by atoms with van der Waals surface area (Å²) in [6, 6.07) is 1.78. The Morgan fingerprint density at radius 1 is 1.53 bits per heavy atom. The van der Waals surface area contributed by atoms with Crippen molar-refractivity contribution in [3.8, 4) is 0 Å². The molecule has 1 aliphatic rings. The van der Waals surface area contributed by atoms with Crippen LogP contribution in [0.3, 0.4) is 0 Å². The van der Waals surface area contributed by atoms with Crippen LogP contribution in [0.1, 0.15) is 48.7 Å². The molecule has 94 valence electrons. The van der Waals surface area contributed by atoms with Crippen LogP contribution in [-0.4, -0.2) is 12.5 Å². The third-order valence-electron chi connectivity index (χ3n) is 3.94. The molecule has 0 spiro atoms. The predicted octanol–water partition coefficient (Wildman–Crippen LogP) is 3.03. The monoisotopic (exact) mass is 252 g/mol. The minimum absolute atomic E-state index is 0.0165. The second-order valence-corrected chi connectivity index (χ2v) is 5.86. The largest absolute Gasteiger partial charge is 0.397 e. The van der Waals surface area contributed by atoms with E-state index >= 15 is 0 Å². The SMILES string of the molecule is CCC1(CNC(=O)c2sccc2N)CCCC1. The maximum atomic E-state index is 12.0. The van der Waals surface area contributed by atoms with Crippen LogP contribution in [-0.2, 0) is 0 Å². The average molecular weight is 252 g/mol. The molecule has 1 fully saturated rings. The van der Waals surface area contributed by atoms with Crippen molar-refractivity contribution in [1.82, 2.24) is 5.32 Å². The van der Waals surface area contributed by atoms with Crippen molar-refractivity contribution in [1.29, 1.82) is 0 Å². The molecule has 0 radical (unpaired) electrons. The van der Waals surface area contributed by atoms with E-state index in [1.807, 2.05) is 5.38 Å². The van der Waals surface area contributed by atoms with E-state index in [2.05, 4.69) is 12.2 Å². The molecule has 1 amide bonds. The maximum Gasteiger partial charge on any atom is 0.263 e. The number of nitrogens with one attached hydrogen (secondary N) is 1. The van der Waals surface area contributed by atoms with Gasteiger partial charge in [-0.2, -0.15) is 0 Å². The second-order valence-electron chi connectivity index (χ2n) is 4.95. The van der Waals surface area contributed by atoms with Crippen LogP contribution in [0.4, 0.5) is 5.69 Å². The smallest absolute Gasteiger partial charge is 0.263 e. The third-order valence-corrected chi connectivity index (χ3v) is 4.87. The molecule has 4 heteroatoms. The van der Waals surface area contributed by atoms with Gasteiger partial charge in [-0.15, -0.1) is 11.3 Å². The Labute approximate surface area is 106 Å². The quantitative estimate of drug-likeness (QED) is 0.865. The number of rotatable bonds is 4. The van der Waals surface area contributed by atoms with Crippen LogP contribution in [0.25, 0.3) is 0 Å². The molecular formula is C13H20N2OS. The Bertz CT molecular complexity index is 394. The van der Waals surface area contributed by atoms with E-state index in [4.69, 9.17) is 5.73 Å². The van der Waals surface area contributed by atoms with Crippen LogP contribution in [0.5, 0.6) is 0 Å². The van der Waals surface area contributed by atoms with Gasteiger partial charge in [0, 0.05) is 6.54 Å². The maximum absolute atomic E-state index is 12.0. The number of hydrogen-bond donors (Lipinski definition) is 2. The summed E-state index contributed by atoms with van der Waals surface area (Å²) in [6.45, 7) is 3.01. The zero-order valence-corrected chi connectivity index (χ0v) is 11.1. The average Bonchev–Trinajstić information content (AvgIpc) is 2.95. The lowest BCUT2D eigenvalue weighted by Crippen LogP contribution is -2.35. The van der Waals surface area contributed by atoms with Gasteiger partial charge in [0.05, 0.1) is 5.69 Å². The molecule has 0 aromatic carbocycles. The van der Waals surface area contributed by atoms with E-state index in [1.165, 1.54) is 37.0 Å². The van der Waals surface area contributed by atoms with Gasteiger partial charge in [0.2, 0.25) is 0 Å². The molecule has 1 aromatic rings. The summed E-state index contributed by atoms with van der Waals surface area (Å²) in [7, 11) is 0. The molecule has 1 aliphatic carbocycles. The fourth-order valence-corrected chi connectivity index (χ4v) is 3.37. The Morgan fingerprint density at radius 3 is 2.76 bits per heavy atom. The molecule has 0 unspecified atom stereocenters. The van der Waals surface area contributed by atoms with E-state index in [9.17, 15) is 4.79 Å². The number of nitrogens with two attached hydrogens (primary N) is 1. The van der Waals surface area contributed by atoms with E-state index in [1.54, 1.807) is 6.07 Å². The van der Waals surface area contributed by atoms with Gasteiger partial charge in [-0.3, -0.25) is 4.79 Å². The summed E-state index contributed by atoms with van der Waals surface area (Å²) in [5.74, 6) is -0.0165. The minimum atomic E-state index is -0.0165. The van der Waals surface area contributed by atoms with Crippen LogP contribution < -0.4 is 11.1 Å². The molecule has 1 saturated carbocycles.